The van der Waals surface area contributed by atoms with Crippen molar-refractivity contribution in [3.05, 3.63) is 29.8 Å². The van der Waals surface area contributed by atoms with E-state index in [1.54, 1.807) is 7.11 Å². The number of aromatic nitrogens is 2. The van der Waals surface area contributed by atoms with E-state index in [2.05, 4.69) is 20.8 Å². The van der Waals surface area contributed by atoms with Crippen molar-refractivity contribution < 1.29 is 9.53 Å². The number of benzene rings is 1. The third-order valence-corrected chi connectivity index (χ3v) is 5.62. The monoisotopic (exact) mass is 364 g/mol. The van der Waals surface area contributed by atoms with E-state index in [0.717, 1.165) is 20.8 Å². The van der Waals surface area contributed by atoms with E-state index in [0.29, 0.717) is 12.6 Å². The molecule has 1 heterocycles. The summed E-state index contributed by atoms with van der Waals surface area (Å²) in [5.41, 5.74) is 1.04. The Balaban J connectivity index is 1.45. The van der Waals surface area contributed by atoms with Crippen molar-refractivity contribution in [1.82, 2.24) is 15.5 Å². The molecule has 128 valence electrons. The molecule has 1 aromatic heterocycles. The maximum absolute atomic E-state index is 12.2. The first-order valence-corrected chi connectivity index (χ1v) is 9.51. The van der Waals surface area contributed by atoms with Crippen LogP contribution in [0.1, 0.15) is 25.3 Å². The Morgan fingerprint density at radius 3 is 2.79 bits per heavy atom. The number of nitrogens with zero attached hydrogens (tertiary/aromatic N) is 2. The van der Waals surface area contributed by atoms with Crippen molar-refractivity contribution in [3.63, 3.8) is 0 Å². The van der Waals surface area contributed by atoms with Gasteiger partial charge in [-0.05, 0) is 37.5 Å². The van der Waals surface area contributed by atoms with Crippen LogP contribution in [0, 0.1) is 0 Å². The lowest BCUT2D eigenvalue weighted by molar-refractivity contribution is -0.120. The molecule has 1 aliphatic rings. The van der Waals surface area contributed by atoms with E-state index in [9.17, 15) is 4.79 Å². The lowest BCUT2D eigenvalue weighted by atomic mass is 10.2. The predicted molar refractivity (Wildman–Crippen MR) is 96.7 cm³/mol. The van der Waals surface area contributed by atoms with Crippen LogP contribution in [0.2, 0.25) is 0 Å². The smallest absolute Gasteiger partial charge is 0.233 e. The number of methoxy groups -OCH3 is 1. The number of hydrogen-bond donors (Lipinski definition) is 2. The highest BCUT2D eigenvalue weighted by molar-refractivity contribution is 8.02. The molecule has 2 aromatic rings. The summed E-state index contributed by atoms with van der Waals surface area (Å²) in [6, 6.07) is 8.21. The number of amides is 1. The number of nitrogens with one attached hydrogen (secondary N) is 2. The third kappa shape index (κ3) is 4.85. The van der Waals surface area contributed by atoms with Crippen LogP contribution in [0.5, 0.6) is 5.75 Å². The van der Waals surface area contributed by atoms with Gasteiger partial charge in [0.05, 0.1) is 12.4 Å². The van der Waals surface area contributed by atoms with Crippen molar-refractivity contribution in [2.75, 3.05) is 12.4 Å². The summed E-state index contributed by atoms with van der Waals surface area (Å²) < 4.78 is 5.93. The van der Waals surface area contributed by atoms with Gasteiger partial charge in [0.25, 0.3) is 0 Å². The molecule has 1 saturated carbocycles. The molecule has 24 heavy (non-hydrogen) atoms. The van der Waals surface area contributed by atoms with E-state index < -0.39 is 0 Å². The van der Waals surface area contributed by atoms with E-state index >= 15 is 0 Å². The van der Waals surface area contributed by atoms with Gasteiger partial charge in [0.1, 0.15) is 5.75 Å². The molecule has 0 saturated heterocycles. The van der Waals surface area contributed by atoms with Crippen LogP contribution in [-0.2, 0) is 11.3 Å². The fourth-order valence-electron chi connectivity index (χ4n) is 2.00. The molecule has 3 rings (SSSR count). The van der Waals surface area contributed by atoms with Crippen LogP contribution >= 0.6 is 23.1 Å². The summed E-state index contributed by atoms with van der Waals surface area (Å²) in [4.78, 5) is 12.2. The number of anilines is 1. The fraction of sp³-hybridized carbons (Fsp3) is 0.438. The van der Waals surface area contributed by atoms with Crippen LogP contribution in [-0.4, -0.2) is 34.5 Å². The summed E-state index contributed by atoms with van der Waals surface area (Å²) in [6.07, 6.45) is 2.40. The second kappa shape index (κ2) is 7.85. The number of thioether (sulfide) groups is 1. The fourth-order valence-corrected chi connectivity index (χ4v) is 4.00. The van der Waals surface area contributed by atoms with Crippen molar-refractivity contribution in [1.29, 1.82) is 0 Å². The van der Waals surface area contributed by atoms with E-state index in [-0.39, 0.29) is 11.2 Å². The number of rotatable bonds is 8. The second-order valence-corrected chi connectivity index (χ2v) is 8.18. The average molecular weight is 364 g/mol. The molecular weight excluding hydrogens is 344 g/mol. The van der Waals surface area contributed by atoms with Crippen molar-refractivity contribution in [3.8, 4) is 5.75 Å². The molecule has 2 N–H and O–H groups in total. The summed E-state index contributed by atoms with van der Waals surface area (Å²) in [5, 5.41) is 15.1. The largest absolute Gasteiger partial charge is 0.497 e. The summed E-state index contributed by atoms with van der Waals surface area (Å²) in [6.45, 7) is 2.38. The quantitative estimate of drug-likeness (QED) is 0.702. The zero-order valence-corrected chi connectivity index (χ0v) is 15.2. The Bertz CT molecular complexity index is 686. The number of ether oxygens (including phenoxy) is 1. The summed E-state index contributed by atoms with van der Waals surface area (Å²) >= 11 is 2.94. The zero-order chi connectivity index (χ0) is 16.9. The SMILES string of the molecule is COc1ccc(CNC(=O)[C@@H](C)Sc2nnc(NC3CC3)s2)cc1. The third-order valence-electron chi connectivity index (χ3n) is 3.58. The molecule has 1 fully saturated rings. The number of carbonyl (C=O) groups excluding carboxylic acids is 1. The van der Waals surface area contributed by atoms with Gasteiger partial charge in [-0.2, -0.15) is 0 Å². The van der Waals surface area contributed by atoms with Gasteiger partial charge in [0, 0.05) is 12.6 Å². The molecule has 8 heteroatoms. The standard InChI is InChI=1S/C16H20N4O2S2/c1-10(23-16-20-19-15(24-16)18-12-5-6-12)14(21)17-9-11-3-7-13(22-2)8-4-11/h3-4,7-8,10,12H,5-6,9H2,1-2H3,(H,17,21)(H,18,19)/t10-/m1/s1. The average Bonchev–Trinajstić information content (AvgIpc) is 3.31. The van der Waals surface area contributed by atoms with Crippen LogP contribution in [0.15, 0.2) is 28.6 Å². The normalized spacial score (nSPS) is 14.9. The maximum atomic E-state index is 12.2. The van der Waals surface area contributed by atoms with Gasteiger partial charge in [-0.3, -0.25) is 4.79 Å². The molecule has 1 aliphatic carbocycles. The molecule has 0 aliphatic heterocycles. The van der Waals surface area contributed by atoms with Gasteiger partial charge in [0.15, 0.2) is 4.34 Å². The molecule has 1 amide bonds. The van der Waals surface area contributed by atoms with Gasteiger partial charge in [-0.15, -0.1) is 10.2 Å². The van der Waals surface area contributed by atoms with Crippen molar-refractivity contribution in [2.45, 2.75) is 41.9 Å². The first kappa shape index (κ1) is 17.0. The van der Waals surface area contributed by atoms with Crippen molar-refractivity contribution in [2.24, 2.45) is 0 Å². The molecule has 0 radical (unpaired) electrons. The van der Waals surface area contributed by atoms with Crippen LogP contribution in [0.3, 0.4) is 0 Å². The molecular formula is C16H20N4O2S2. The van der Waals surface area contributed by atoms with E-state index in [1.807, 2.05) is 31.2 Å². The number of carbonyl (C=O) groups is 1. The molecule has 0 unspecified atom stereocenters. The van der Waals surface area contributed by atoms with Gasteiger partial charge < -0.3 is 15.4 Å². The van der Waals surface area contributed by atoms with Gasteiger partial charge in [0.2, 0.25) is 11.0 Å². The summed E-state index contributed by atoms with van der Waals surface area (Å²) in [5.74, 6) is 0.795. The van der Waals surface area contributed by atoms with Crippen LogP contribution in [0.4, 0.5) is 5.13 Å². The highest BCUT2D eigenvalue weighted by Crippen LogP contribution is 2.32. The topological polar surface area (TPSA) is 76.1 Å². The van der Waals surface area contributed by atoms with Gasteiger partial charge in [-0.1, -0.05) is 35.2 Å². The first-order chi connectivity index (χ1) is 11.6. The first-order valence-electron chi connectivity index (χ1n) is 7.81. The Kier molecular flexibility index (Phi) is 5.57. The minimum atomic E-state index is -0.218. The zero-order valence-electron chi connectivity index (χ0n) is 13.6. The molecule has 1 atom stereocenters. The Morgan fingerprint density at radius 2 is 2.12 bits per heavy atom. The van der Waals surface area contributed by atoms with E-state index in [4.69, 9.17) is 4.74 Å². The minimum absolute atomic E-state index is 0.0114. The maximum Gasteiger partial charge on any atom is 0.233 e. The summed E-state index contributed by atoms with van der Waals surface area (Å²) in [7, 11) is 1.63. The van der Waals surface area contributed by atoms with Crippen LogP contribution in [0.25, 0.3) is 0 Å². The number of hydrogen-bond acceptors (Lipinski definition) is 7. The van der Waals surface area contributed by atoms with E-state index in [1.165, 1.54) is 35.9 Å². The Labute approximate surface area is 149 Å². The molecule has 0 bridgehead atoms. The Hall–Kier alpha value is -1.80. The van der Waals surface area contributed by atoms with Crippen molar-refractivity contribution >= 4 is 34.1 Å². The Morgan fingerprint density at radius 1 is 1.38 bits per heavy atom. The van der Waals surface area contributed by atoms with Gasteiger partial charge in [-0.25, -0.2) is 0 Å². The van der Waals surface area contributed by atoms with Crippen LogP contribution < -0.4 is 15.4 Å². The molecule has 1 aromatic carbocycles. The highest BCUT2D eigenvalue weighted by Gasteiger charge is 2.23. The lowest BCUT2D eigenvalue weighted by Crippen LogP contribution is -2.30. The molecule has 0 spiro atoms. The minimum Gasteiger partial charge on any atom is -0.497 e. The lowest BCUT2D eigenvalue weighted by Gasteiger charge is -2.10. The second-order valence-electron chi connectivity index (χ2n) is 5.62. The van der Waals surface area contributed by atoms with Gasteiger partial charge >= 0.3 is 0 Å². The predicted octanol–water partition coefficient (Wildman–Crippen LogP) is 2.92. The molecule has 6 nitrogen and oxygen atoms in total. The highest BCUT2D eigenvalue weighted by atomic mass is 32.2.